The maximum absolute atomic E-state index is 14.2. The number of alkyl halides is 3. The minimum atomic E-state index is -4.74. The van der Waals surface area contributed by atoms with E-state index in [0.29, 0.717) is 11.3 Å². The van der Waals surface area contributed by atoms with Crippen LogP contribution < -0.4 is 11.1 Å². The summed E-state index contributed by atoms with van der Waals surface area (Å²) < 4.78 is 42.7. The Hall–Kier alpha value is -3.38. The highest BCUT2D eigenvalue weighted by Crippen LogP contribution is 2.40. The van der Waals surface area contributed by atoms with Crippen molar-refractivity contribution in [2.24, 2.45) is 11.7 Å². The summed E-state index contributed by atoms with van der Waals surface area (Å²) in [6.07, 6.45) is -4.64. The van der Waals surface area contributed by atoms with Crippen LogP contribution >= 0.6 is 0 Å². The fourth-order valence-corrected chi connectivity index (χ4v) is 4.01. The second-order valence-electron chi connectivity index (χ2n) is 8.66. The molecule has 2 atom stereocenters. The lowest BCUT2D eigenvalue weighted by Gasteiger charge is -2.37. The van der Waals surface area contributed by atoms with E-state index in [1.807, 2.05) is 6.92 Å². The number of primary amides is 1. The molecule has 3 N–H and O–H groups in total. The van der Waals surface area contributed by atoms with Gasteiger partial charge in [0, 0.05) is 12.6 Å². The van der Waals surface area contributed by atoms with Crippen LogP contribution in [0, 0.1) is 24.2 Å². The topological polar surface area (TPSA) is 99.2 Å². The molecule has 0 unspecified atom stereocenters. The average Bonchev–Trinajstić information content (AvgIpc) is 2.71. The molecule has 2 rings (SSSR count). The maximum Gasteiger partial charge on any atom is 0.408 e. The molecule has 2 aromatic rings. The van der Waals surface area contributed by atoms with E-state index in [1.54, 1.807) is 50.2 Å². The molecule has 0 aliphatic rings. The second kappa shape index (κ2) is 11.2. The van der Waals surface area contributed by atoms with Crippen molar-refractivity contribution in [2.45, 2.75) is 52.4 Å². The summed E-state index contributed by atoms with van der Waals surface area (Å²) in [6.45, 7) is 6.19. The first-order valence-corrected chi connectivity index (χ1v) is 10.8. The van der Waals surface area contributed by atoms with Crippen LogP contribution in [0.25, 0.3) is 11.1 Å². The fraction of sp³-hybridized carbons (Fsp3) is 0.400. The summed E-state index contributed by atoms with van der Waals surface area (Å²) >= 11 is 0. The largest absolute Gasteiger partial charge is 0.408 e. The van der Waals surface area contributed by atoms with Crippen molar-refractivity contribution in [1.29, 1.82) is 5.26 Å². The number of nitriles is 1. The Morgan fingerprint density at radius 3 is 2.21 bits per heavy atom. The van der Waals surface area contributed by atoms with E-state index in [9.17, 15) is 28.0 Å². The number of rotatable bonds is 9. The molecule has 0 saturated carbocycles. The number of aryl methyl sites for hydroxylation is 1. The number of benzene rings is 2. The van der Waals surface area contributed by atoms with Gasteiger partial charge in [-0.2, -0.15) is 18.4 Å². The molecule has 34 heavy (non-hydrogen) atoms. The number of hydrogen-bond acceptors (Lipinski definition) is 4. The highest BCUT2D eigenvalue weighted by Gasteiger charge is 2.47. The molecule has 9 heteroatoms. The second-order valence-corrected chi connectivity index (χ2v) is 8.66. The zero-order valence-corrected chi connectivity index (χ0v) is 19.6. The Labute approximate surface area is 197 Å². The molecule has 0 bridgehead atoms. The summed E-state index contributed by atoms with van der Waals surface area (Å²) in [4.78, 5) is 24.2. The number of nitrogens with zero attached hydrogens (tertiary/aromatic N) is 2. The minimum absolute atomic E-state index is 0.0889. The molecule has 182 valence electrons. The van der Waals surface area contributed by atoms with Crippen molar-refractivity contribution in [1.82, 2.24) is 4.90 Å². The van der Waals surface area contributed by atoms with Crippen molar-refractivity contribution >= 4 is 17.5 Å². The number of halogens is 3. The zero-order chi connectivity index (χ0) is 25.6. The first kappa shape index (κ1) is 26.9. The van der Waals surface area contributed by atoms with Gasteiger partial charge in [-0.25, -0.2) is 0 Å². The number of carbonyl (C=O) groups is 2. The van der Waals surface area contributed by atoms with E-state index >= 15 is 0 Å². The van der Waals surface area contributed by atoms with E-state index < -0.39 is 30.7 Å². The Kier molecular flexibility index (Phi) is 8.82. The van der Waals surface area contributed by atoms with Crippen LogP contribution in [0.15, 0.2) is 42.5 Å². The Morgan fingerprint density at radius 2 is 1.76 bits per heavy atom. The van der Waals surface area contributed by atoms with Crippen LogP contribution in [-0.2, 0) is 9.59 Å². The fourth-order valence-electron chi connectivity index (χ4n) is 4.01. The van der Waals surface area contributed by atoms with Gasteiger partial charge in [0.2, 0.25) is 11.8 Å². The summed E-state index contributed by atoms with van der Waals surface area (Å²) in [5.74, 6) is -1.20. The SMILES string of the molecule is CC(=O)Nc1ccc(-c2ccc([C@H](N(CC#N)[C@@H](CC(C)C)C(N)=O)C(F)(F)F)cc2)c(C)c1. The quantitative estimate of drug-likeness (QED) is 0.503. The third kappa shape index (κ3) is 6.81. The maximum atomic E-state index is 14.2. The number of nitrogens with one attached hydrogen (secondary N) is 1. The molecular weight excluding hydrogens is 445 g/mol. The van der Waals surface area contributed by atoms with Crippen molar-refractivity contribution < 1.29 is 22.8 Å². The molecule has 2 aromatic carbocycles. The van der Waals surface area contributed by atoms with Gasteiger partial charge in [-0.1, -0.05) is 44.2 Å². The first-order chi connectivity index (χ1) is 15.8. The molecule has 0 saturated heterocycles. The van der Waals surface area contributed by atoms with Crippen molar-refractivity contribution in [3.63, 3.8) is 0 Å². The molecule has 0 aliphatic carbocycles. The van der Waals surface area contributed by atoms with Crippen LogP contribution in [0.3, 0.4) is 0 Å². The van der Waals surface area contributed by atoms with Gasteiger partial charge in [0.1, 0.15) is 6.04 Å². The van der Waals surface area contributed by atoms with Gasteiger partial charge >= 0.3 is 6.18 Å². The van der Waals surface area contributed by atoms with E-state index in [2.05, 4.69) is 5.32 Å². The highest BCUT2D eigenvalue weighted by molar-refractivity contribution is 5.89. The normalized spacial score (nSPS) is 13.4. The minimum Gasteiger partial charge on any atom is -0.368 e. The van der Waals surface area contributed by atoms with E-state index in [-0.39, 0.29) is 23.8 Å². The lowest BCUT2D eigenvalue weighted by molar-refractivity contribution is -0.192. The standard InChI is InChI=1S/C25H29F3N4O2/c1-15(2)13-22(24(30)34)32(12-11-29)23(25(26,27)28)19-7-5-18(6-8-19)21-10-9-20(14-16(21)3)31-17(4)33/h5-10,14-15,22-23H,12-13H2,1-4H3,(H2,30,34)(H,31,33)/t22-,23-/m0/s1. The molecule has 0 aromatic heterocycles. The monoisotopic (exact) mass is 474 g/mol. The number of amides is 2. The number of carbonyl (C=O) groups excluding carboxylic acids is 2. The zero-order valence-electron chi connectivity index (χ0n) is 19.6. The third-order valence-corrected chi connectivity index (χ3v) is 5.40. The number of hydrogen-bond donors (Lipinski definition) is 2. The third-order valence-electron chi connectivity index (χ3n) is 5.40. The Morgan fingerprint density at radius 1 is 1.15 bits per heavy atom. The summed E-state index contributed by atoms with van der Waals surface area (Å²) in [7, 11) is 0. The van der Waals surface area contributed by atoms with Gasteiger partial charge in [-0.15, -0.1) is 0 Å². The van der Waals surface area contributed by atoms with E-state index in [1.165, 1.54) is 19.1 Å². The number of nitrogens with two attached hydrogens (primary N) is 1. The molecule has 0 spiro atoms. The molecule has 0 aliphatic heterocycles. The molecular formula is C25H29F3N4O2. The van der Waals surface area contributed by atoms with Crippen LogP contribution in [-0.4, -0.2) is 35.5 Å². The Bertz CT molecular complexity index is 1060. The van der Waals surface area contributed by atoms with Gasteiger partial charge in [0.05, 0.1) is 18.7 Å². The van der Waals surface area contributed by atoms with Gasteiger partial charge < -0.3 is 11.1 Å². The van der Waals surface area contributed by atoms with Gasteiger partial charge in [0.15, 0.2) is 0 Å². The predicted octanol–water partition coefficient (Wildman–Crippen LogP) is 4.95. The van der Waals surface area contributed by atoms with Crippen LogP contribution in [0.2, 0.25) is 0 Å². The molecule has 6 nitrogen and oxygen atoms in total. The molecule has 0 heterocycles. The van der Waals surface area contributed by atoms with Crippen LogP contribution in [0.5, 0.6) is 0 Å². The van der Waals surface area contributed by atoms with Crippen molar-refractivity contribution in [2.75, 3.05) is 11.9 Å². The first-order valence-electron chi connectivity index (χ1n) is 10.8. The van der Waals surface area contributed by atoms with E-state index in [0.717, 1.165) is 16.0 Å². The smallest absolute Gasteiger partial charge is 0.368 e. The predicted molar refractivity (Wildman–Crippen MR) is 124 cm³/mol. The van der Waals surface area contributed by atoms with Gasteiger partial charge in [0.25, 0.3) is 0 Å². The van der Waals surface area contributed by atoms with Crippen molar-refractivity contribution in [3.8, 4) is 17.2 Å². The summed E-state index contributed by atoms with van der Waals surface area (Å²) in [5, 5.41) is 11.9. The van der Waals surface area contributed by atoms with Crippen molar-refractivity contribution in [3.05, 3.63) is 53.6 Å². The lowest BCUT2D eigenvalue weighted by Crippen LogP contribution is -2.51. The average molecular weight is 475 g/mol. The van der Waals surface area contributed by atoms with Gasteiger partial charge in [-0.05, 0) is 53.6 Å². The highest BCUT2D eigenvalue weighted by atomic mass is 19.4. The van der Waals surface area contributed by atoms with Crippen LogP contribution in [0.1, 0.15) is 44.4 Å². The summed E-state index contributed by atoms with van der Waals surface area (Å²) in [5.41, 5.74) is 8.31. The van der Waals surface area contributed by atoms with E-state index in [4.69, 9.17) is 5.73 Å². The molecule has 2 amide bonds. The Balaban J connectivity index is 2.48. The van der Waals surface area contributed by atoms with Crippen LogP contribution in [0.4, 0.5) is 18.9 Å². The van der Waals surface area contributed by atoms with Gasteiger partial charge in [-0.3, -0.25) is 14.5 Å². The summed E-state index contributed by atoms with van der Waals surface area (Å²) in [6, 6.07) is 9.47. The number of anilines is 1. The molecule has 0 radical (unpaired) electrons. The lowest BCUT2D eigenvalue weighted by atomic mass is 9.94. The molecule has 0 fully saturated rings.